The Kier molecular flexibility index (Phi) is 3.30. The molecule has 0 amide bonds. The highest BCUT2D eigenvalue weighted by Gasteiger charge is 2.07. The second kappa shape index (κ2) is 4.70. The molecule has 0 atom stereocenters. The first-order valence-electron chi connectivity index (χ1n) is 5.24. The van der Waals surface area contributed by atoms with Gasteiger partial charge in [-0.05, 0) is 42.4 Å². The quantitative estimate of drug-likeness (QED) is 0.634. The van der Waals surface area contributed by atoms with Crippen LogP contribution in [0.15, 0.2) is 45.8 Å². The van der Waals surface area contributed by atoms with Gasteiger partial charge in [0, 0.05) is 0 Å². The molecule has 0 aliphatic heterocycles. The molecule has 0 saturated carbocycles. The van der Waals surface area contributed by atoms with Gasteiger partial charge in [0.15, 0.2) is 0 Å². The third kappa shape index (κ3) is 2.65. The number of rotatable bonds is 2. The fraction of sp³-hybridized carbons (Fsp3) is 0.385. The van der Waals surface area contributed by atoms with Gasteiger partial charge in [-0.1, -0.05) is 47.7 Å². The molecule has 0 aromatic rings. The van der Waals surface area contributed by atoms with E-state index in [0.29, 0.717) is 0 Å². The van der Waals surface area contributed by atoms with Crippen molar-refractivity contribution in [2.45, 2.75) is 32.6 Å². The molecule has 0 radical (unpaired) electrons. The average molecular weight is 204 g/mol. The lowest BCUT2D eigenvalue weighted by molar-refractivity contribution is 0.948. The molecular weight excluding hydrogens is 188 g/mol. The minimum absolute atomic E-state index is 1.21. The van der Waals surface area contributed by atoms with Crippen molar-refractivity contribution < 1.29 is 0 Å². The second-order valence-corrected chi connectivity index (χ2v) is 5.10. The van der Waals surface area contributed by atoms with Crippen LogP contribution in [0.2, 0.25) is 0 Å². The van der Waals surface area contributed by atoms with E-state index in [9.17, 15) is 0 Å². The summed E-state index contributed by atoms with van der Waals surface area (Å²) in [5.74, 6) is 0. The van der Waals surface area contributed by atoms with E-state index in [0.717, 1.165) is 0 Å². The van der Waals surface area contributed by atoms with Gasteiger partial charge in [-0.25, -0.2) is 0 Å². The zero-order valence-electron chi connectivity index (χ0n) is 8.62. The molecule has 0 saturated heterocycles. The van der Waals surface area contributed by atoms with Crippen molar-refractivity contribution in [1.82, 2.24) is 0 Å². The molecule has 1 heteroatoms. The van der Waals surface area contributed by atoms with E-state index in [1.54, 1.807) is 0 Å². The Morgan fingerprint density at radius 1 is 1.00 bits per heavy atom. The van der Waals surface area contributed by atoms with Crippen molar-refractivity contribution in [3.63, 3.8) is 0 Å². The molecule has 0 heterocycles. The van der Waals surface area contributed by atoms with Crippen LogP contribution in [-0.4, -0.2) is 0 Å². The van der Waals surface area contributed by atoms with E-state index in [1.165, 1.54) is 41.1 Å². The van der Waals surface area contributed by atoms with Crippen LogP contribution in [0.1, 0.15) is 32.6 Å². The Morgan fingerprint density at radius 2 is 1.86 bits per heavy atom. The molecule has 0 spiro atoms. The lowest BCUT2D eigenvalue weighted by Crippen LogP contribution is -1.89. The molecule has 0 unspecified atom stereocenters. The van der Waals surface area contributed by atoms with Crippen molar-refractivity contribution in [2.24, 2.45) is 0 Å². The molecule has 2 aliphatic carbocycles. The van der Waals surface area contributed by atoms with Gasteiger partial charge < -0.3 is 0 Å². The smallest absolute Gasteiger partial charge is 0.0102 e. The molecule has 0 bridgehead atoms. The SMILES string of the molecule is CC1=CC=C(SC2=CC=CCC2)CC1. The molecule has 0 N–H and O–H groups in total. The number of thioether (sulfide) groups is 1. The zero-order valence-corrected chi connectivity index (χ0v) is 9.44. The highest BCUT2D eigenvalue weighted by atomic mass is 32.2. The maximum Gasteiger partial charge on any atom is -0.0102 e. The summed E-state index contributed by atoms with van der Waals surface area (Å²) in [5, 5.41) is 0. The van der Waals surface area contributed by atoms with E-state index in [-0.39, 0.29) is 0 Å². The van der Waals surface area contributed by atoms with Crippen LogP contribution in [0, 0.1) is 0 Å². The number of hydrogen-bond donors (Lipinski definition) is 0. The van der Waals surface area contributed by atoms with E-state index < -0.39 is 0 Å². The van der Waals surface area contributed by atoms with Gasteiger partial charge in [-0.2, -0.15) is 0 Å². The highest BCUT2D eigenvalue weighted by molar-refractivity contribution is 8.06. The van der Waals surface area contributed by atoms with Gasteiger partial charge in [-0.3, -0.25) is 0 Å². The van der Waals surface area contributed by atoms with Gasteiger partial charge in [0.05, 0.1) is 0 Å². The largest absolute Gasteiger partial charge is 0.0990 e. The fourth-order valence-electron chi connectivity index (χ4n) is 1.64. The predicted octanol–water partition coefficient (Wildman–Crippen LogP) is 4.58. The van der Waals surface area contributed by atoms with Crippen LogP contribution < -0.4 is 0 Å². The standard InChI is InChI=1S/C13H16S/c1-11-7-9-13(10-8-11)14-12-5-3-2-4-6-12/h2-3,5,7,9H,4,6,8,10H2,1H3. The van der Waals surface area contributed by atoms with Crippen LogP contribution in [0.25, 0.3) is 0 Å². The Bertz CT molecular complexity index is 329. The third-order valence-electron chi connectivity index (χ3n) is 2.56. The first kappa shape index (κ1) is 9.85. The molecule has 0 nitrogen and oxygen atoms in total. The van der Waals surface area contributed by atoms with Crippen molar-refractivity contribution >= 4 is 11.8 Å². The van der Waals surface area contributed by atoms with Gasteiger partial charge in [0.2, 0.25) is 0 Å². The summed E-state index contributed by atoms with van der Waals surface area (Å²) in [7, 11) is 0. The van der Waals surface area contributed by atoms with Crippen molar-refractivity contribution in [3.05, 3.63) is 45.8 Å². The Balaban J connectivity index is 1.98. The van der Waals surface area contributed by atoms with Crippen LogP contribution in [0.4, 0.5) is 0 Å². The van der Waals surface area contributed by atoms with Crippen molar-refractivity contribution in [3.8, 4) is 0 Å². The first-order chi connectivity index (χ1) is 6.84. The summed E-state index contributed by atoms with van der Waals surface area (Å²) in [6, 6.07) is 0. The summed E-state index contributed by atoms with van der Waals surface area (Å²) in [6.45, 7) is 2.21. The first-order valence-corrected chi connectivity index (χ1v) is 6.06. The molecule has 0 aromatic heterocycles. The highest BCUT2D eigenvalue weighted by Crippen LogP contribution is 2.35. The van der Waals surface area contributed by atoms with E-state index in [2.05, 4.69) is 37.3 Å². The number of hydrogen-bond acceptors (Lipinski definition) is 1. The monoisotopic (exact) mass is 204 g/mol. The fourth-order valence-corrected chi connectivity index (χ4v) is 2.68. The lowest BCUT2D eigenvalue weighted by Gasteiger charge is -2.14. The number of allylic oxidation sites excluding steroid dienone is 8. The van der Waals surface area contributed by atoms with Crippen molar-refractivity contribution in [1.29, 1.82) is 0 Å². The van der Waals surface area contributed by atoms with Crippen molar-refractivity contribution in [2.75, 3.05) is 0 Å². The molecule has 2 rings (SSSR count). The molecule has 14 heavy (non-hydrogen) atoms. The Labute approximate surface area is 90.5 Å². The summed E-state index contributed by atoms with van der Waals surface area (Å²) in [4.78, 5) is 3.05. The van der Waals surface area contributed by atoms with Crippen LogP contribution >= 0.6 is 11.8 Å². The lowest BCUT2D eigenvalue weighted by atomic mass is 10.1. The Hall–Kier alpha value is -0.690. The second-order valence-electron chi connectivity index (χ2n) is 3.85. The Morgan fingerprint density at radius 3 is 2.50 bits per heavy atom. The third-order valence-corrected chi connectivity index (χ3v) is 3.76. The van der Waals surface area contributed by atoms with Gasteiger partial charge >= 0.3 is 0 Å². The van der Waals surface area contributed by atoms with Crippen LogP contribution in [-0.2, 0) is 0 Å². The molecule has 74 valence electrons. The summed E-state index contributed by atoms with van der Waals surface area (Å²) < 4.78 is 0. The van der Waals surface area contributed by atoms with Crippen LogP contribution in [0.3, 0.4) is 0 Å². The van der Waals surface area contributed by atoms with E-state index in [1.807, 2.05) is 11.8 Å². The summed E-state index contributed by atoms with van der Waals surface area (Å²) in [6.07, 6.45) is 16.1. The molecule has 2 aliphatic rings. The van der Waals surface area contributed by atoms with Gasteiger partial charge in [-0.15, -0.1) is 0 Å². The normalized spacial score (nSPS) is 21.4. The molecule has 0 aromatic carbocycles. The molecule has 0 fully saturated rings. The maximum atomic E-state index is 2.28. The minimum Gasteiger partial charge on any atom is -0.0990 e. The zero-order chi connectivity index (χ0) is 9.80. The summed E-state index contributed by atoms with van der Waals surface area (Å²) >= 11 is 1.97. The maximum absolute atomic E-state index is 2.28. The summed E-state index contributed by atoms with van der Waals surface area (Å²) in [5.41, 5.74) is 1.51. The van der Waals surface area contributed by atoms with Gasteiger partial charge in [0.25, 0.3) is 0 Å². The minimum atomic E-state index is 1.21. The van der Waals surface area contributed by atoms with Gasteiger partial charge in [0.1, 0.15) is 0 Å². The predicted molar refractivity (Wildman–Crippen MR) is 65.1 cm³/mol. The average Bonchev–Trinajstić information content (AvgIpc) is 2.23. The molecular formula is C13H16S. The van der Waals surface area contributed by atoms with E-state index in [4.69, 9.17) is 0 Å². The van der Waals surface area contributed by atoms with E-state index >= 15 is 0 Å². The topological polar surface area (TPSA) is 0 Å². The van der Waals surface area contributed by atoms with Crippen LogP contribution in [0.5, 0.6) is 0 Å².